The van der Waals surface area contributed by atoms with Crippen LogP contribution in [0.3, 0.4) is 0 Å². The van der Waals surface area contributed by atoms with Crippen molar-refractivity contribution in [3.8, 4) is 0 Å². The maximum absolute atomic E-state index is 11.6. The van der Waals surface area contributed by atoms with Crippen LogP contribution in [0.15, 0.2) is 0 Å². The van der Waals surface area contributed by atoms with Crippen LogP contribution >= 0.6 is 0 Å². The summed E-state index contributed by atoms with van der Waals surface area (Å²) in [6.07, 6.45) is 5.81. The first-order valence-electron chi connectivity index (χ1n) is 7.77. The Kier molecular flexibility index (Phi) is 10.9. The predicted molar refractivity (Wildman–Crippen MR) is 81.2 cm³/mol. The first-order valence-corrected chi connectivity index (χ1v) is 7.77. The van der Waals surface area contributed by atoms with E-state index < -0.39 is 0 Å². The number of carbonyl (C=O) groups excluding carboxylic acids is 1. The minimum Gasteiger partial charge on any atom is -0.381 e. The highest BCUT2D eigenvalue weighted by Crippen LogP contribution is 2.06. The molecule has 3 nitrogen and oxygen atoms in total. The van der Waals surface area contributed by atoms with Gasteiger partial charge in [-0.05, 0) is 25.2 Å². The van der Waals surface area contributed by atoms with Crippen LogP contribution in [-0.2, 0) is 9.53 Å². The van der Waals surface area contributed by atoms with Gasteiger partial charge in [0.25, 0.3) is 0 Å². The largest absolute Gasteiger partial charge is 0.381 e. The molecule has 3 heteroatoms. The monoisotopic (exact) mass is 271 g/mol. The molecule has 114 valence electrons. The summed E-state index contributed by atoms with van der Waals surface area (Å²) in [6.45, 7) is 11.0. The third kappa shape index (κ3) is 11.0. The maximum Gasteiger partial charge on any atom is 0.224 e. The number of nitrogens with zero attached hydrogens (tertiary/aromatic N) is 1. The molecule has 0 aromatic heterocycles. The molecule has 0 N–H and O–H groups in total. The van der Waals surface area contributed by atoms with Gasteiger partial charge in [-0.1, -0.05) is 40.5 Å². The highest BCUT2D eigenvalue weighted by molar-refractivity contribution is 5.77. The molecule has 0 saturated heterocycles. The lowest BCUT2D eigenvalue weighted by atomic mass is 10.1. The first-order chi connectivity index (χ1) is 8.95. The van der Waals surface area contributed by atoms with Crippen LogP contribution in [0.5, 0.6) is 0 Å². The second-order valence-electron chi connectivity index (χ2n) is 6.12. The van der Waals surface area contributed by atoms with Crippen molar-refractivity contribution in [3.63, 3.8) is 0 Å². The molecular weight excluding hydrogens is 238 g/mol. The normalized spacial score (nSPS) is 11.3. The van der Waals surface area contributed by atoms with Gasteiger partial charge in [-0.15, -0.1) is 0 Å². The molecule has 0 spiro atoms. The molecule has 0 aromatic carbocycles. The smallest absolute Gasteiger partial charge is 0.224 e. The molecule has 19 heavy (non-hydrogen) atoms. The lowest BCUT2D eigenvalue weighted by molar-refractivity contribution is -0.133. The summed E-state index contributed by atoms with van der Waals surface area (Å²) in [4.78, 5) is 13.5. The molecule has 0 radical (unpaired) electrons. The maximum atomic E-state index is 11.6. The van der Waals surface area contributed by atoms with Crippen molar-refractivity contribution in [2.45, 2.75) is 59.8 Å². The topological polar surface area (TPSA) is 29.5 Å². The number of rotatable bonds is 11. The summed E-state index contributed by atoms with van der Waals surface area (Å²) in [7, 11) is 1.88. The van der Waals surface area contributed by atoms with Gasteiger partial charge in [0, 0.05) is 32.7 Å². The molecule has 0 aromatic rings. The molecule has 1 amide bonds. The van der Waals surface area contributed by atoms with Crippen LogP contribution in [-0.4, -0.2) is 37.6 Å². The van der Waals surface area contributed by atoms with Crippen LogP contribution in [0.4, 0.5) is 0 Å². The van der Waals surface area contributed by atoms with Crippen molar-refractivity contribution in [2.75, 3.05) is 26.8 Å². The SMILES string of the molecule is CC(C)CCCCOCCCCN(C)C(=O)C(C)C. The highest BCUT2D eigenvalue weighted by Gasteiger charge is 2.11. The summed E-state index contributed by atoms with van der Waals surface area (Å²) in [5.41, 5.74) is 0. The lowest BCUT2D eigenvalue weighted by Crippen LogP contribution is -2.31. The molecule has 0 rings (SSSR count). The molecule has 0 heterocycles. The van der Waals surface area contributed by atoms with Gasteiger partial charge in [0.2, 0.25) is 5.91 Å². The van der Waals surface area contributed by atoms with Crippen LogP contribution in [0.2, 0.25) is 0 Å². The summed E-state index contributed by atoms with van der Waals surface area (Å²) in [6, 6.07) is 0. The Balaban J connectivity index is 3.29. The molecule has 0 saturated carbocycles. The summed E-state index contributed by atoms with van der Waals surface area (Å²) >= 11 is 0. The molecular formula is C16H33NO2. The minimum absolute atomic E-state index is 0.0993. The first kappa shape index (κ1) is 18.4. The van der Waals surface area contributed by atoms with E-state index in [0.717, 1.165) is 38.5 Å². The summed E-state index contributed by atoms with van der Waals surface area (Å²) in [5, 5.41) is 0. The van der Waals surface area contributed by atoms with Crippen LogP contribution in [0.25, 0.3) is 0 Å². The Morgan fingerprint density at radius 3 is 2.11 bits per heavy atom. The Hall–Kier alpha value is -0.570. The predicted octanol–water partition coefficient (Wildman–Crippen LogP) is 3.72. The molecule has 0 fully saturated rings. The van der Waals surface area contributed by atoms with Crippen molar-refractivity contribution >= 4 is 5.91 Å². The second kappa shape index (κ2) is 11.3. The third-order valence-electron chi connectivity index (χ3n) is 3.22. The second-order valence-corrected chi connectivity index (χ2v) is 6.12. The van der Waals surface area contributed by atoms with Crippen molar-refractivity contribution < 1.29 is 9.53 Å². The van der Waals surface area contributed by atoms with E-state index in [-0.39, 0.29) is 11.8 Å². The fourth-order valence-electron chi connectivity index (χ4n) is 1.96. The van der Waals surface area contributed by atoms with E-state index in [1.807, 2.05) is 25.8 Å². The Bertz CT molecular complexity index is 227. The van der Waals surface area contributed by atoms with Gasteiger partial charge in [0.05, 0.1) is 0 Å². The fourth-order valence-corrected chi connectivity index (χ4v) is 1.96. The molecule has 0 unspecified atom stereocenters. The Morgan fingerprint density at radius 1 is 1.00 bits per heavy atom. The van der Waals surface area contributed by atoms with E-state index in [1.165, 1.54) is 19.3 Å². The average Bonchev–Trinajstić information content (AvgIpc) is 2.35. The molecule has 0 atom stereocenters. The average molecular weight is 271 g/mol. The minimum atomic E-state index is 0.0993. The number of carbonyl (C=O) groups is 1. The third-order valence-corrected chi connectivity index (χ3v) is 3.22. The van der Waals surface area contributed by atoms with E-state index in [2.05, 4.69) is 13.8 Å². The zero-order valence-corrected chi connectivity index (χ0v) is 13.6. The quantitative estimate of drug-likeness (QED) is 0.536. The summed E-state index contributed by atoms with van der Waals surface area (Å²) in [5.74, 6) is 1.13. The molecule has 0 aliphatic rings. The van der Waals surface area contributed by atoms with Gasteiger partial charge in [-0.25, -0.2) is 0 Å². The van der Waals surface area contributed by atoms with Crippen molar-refractivity contribution in [3.05, 3.63) is 0 Å². The van der Waals surface area contributed by atoms with Gasteiger partial charge < -0.3 is 9.64 Å². The van der Waals surface area contributed by atoms with Gasteiger partial charge >= 0.3 is 0 Å². The molecule has 0 bridgehead atoms. The van der Waals surface area contributed by atoms with E-state index in [9.17, 15) is 4.79 Å². The Labute approximate surface area is 119 Å². The van der Waals surface area contributed by atoms with E-state index in [0.29, 0.717) is 0 Å². The van der Waals surface area contributed by atoms with E-state index >= 15 is 0 Å². The van der Waals surface area contributed by atoms with E-state index in [1.54, 1.807) is 0 Å². The van der Waals surface area contributed by atoms with Gasteiger partial charge in [-0.3, -0.25) is 4.79 Å². The standard InChI is InChI=1S/C16H33NO2/c1-14(2)10-6-8-12-19-13-9-7-11-17(5)16(18)15(3)4/h14-15H,6-13H2,1-5H3. The number of amides is 1. The van der Waals surface area contributed by atoms with Gasteiger partial charge in [0.1, 0.15) is 0 Å². The molecule has 0 aliphatic carbocycles. The highest BCUT2D eigenvalue weighted by atomic mass is 16.5. The number of hydrogen-bond donors (Lipinski definition) is 0. The zero-order valence-electron chi connectivity index (χ0n) is 13.6. The lowest BCUT2D eigenvalue weighted by Gasteiger charge is -2.19. The van der Waals surface area contributed by atoms with Crippen LogP contribution in [0, 0.1) is 11.8 Å². The van der Waals surface area contributed by atoms with Crippen LogP contribution < -0.4 is 0 Å². The Morgan fingerprint density at radius 2 is 1.58 bits per heavy atom. The molecule has 0 aliphatic heterocycles. The van der Waals surface area contributed by atoms with Crippen molar-refractivity contribution in [1.82, 2.24) is 4.90 Å². The summed E-state index contributed by atoms with van der Waals surface area (Å²) < 4.78 is 5.60. The number of hydrogen-bond acceptors (Lipinski definition) is 2. The fraction of sp³-hybridized carbons (Fsp3) is 0.938. The number of unbranched alkanes of at least 4 members (excludes halogenated alkanes) is 2. The van der Waals surface area contributed by atoms with E-state index in [4.69, 9.17) is 4.74 Å². The van der Waals surface area contributed by atoms with Gasteiger partial charge in [-0.2, -0.15) is 0 Å². The zero-order chi connectivity index (χ0) is 14.7. The van der Waals surface area contributed by atoms with Crippen molar-refractivity contribution in [2.24, 2.45) is 11.8 Å². The van der Waals surface area contributed by atoms with Gasteiger partial charge in [0.15, 0.2) is 0 Å². The number of ether oxygens (including phenoxy) is 1. The van der Waals surface area contributed by atoms with Crippen LogP contribution in [0.1, 0.15) is 59.8 Å². The van der Waals surface area contributed by atoms with Crippen molar-refractivity contribution in [1.29, 1.82) is 0 Å².